The van der Waals surface area contributed by atoms with E-state index in [-0.39, 0.29) is 11.4 Å². The number of hydrogen-bond acceptors (Lipinski definition) is 3. The highest BCUT2D eigenvalue weighted by Gasteiger charge is 2.11. The molecule has 0 heterocycles. The molecule has 0 spiro atoms. The maximum atomic E-state index is 11.5. The van der Waals surface area contributed by atoms with Crippen LogP contribution in [0, 0.1) is 6.92 Å². The molecule has 5 nitrogen and oxygen atoms in total. The summed E-state index contributed by atoms with van der Waals surface area (Å²) in [4.78, 5) is 0. The smallest absolute Gasteiger partial charge is 0.299 e. The minimum Gasteiger partial charge on any atom is -0.505 e. The number of aryl methyl sites for hydroxylation is 1. The van der Waals surface area contributed by atoms with Crippen LogP contribution in [0.4, 0.5) is 5.69 Å². The first-order chi connectivity index (χ1) is 7.46. The van der Waals surface area contributed by atoms with Crippen molar-refractivity contribution in [2.24, 2.45) is 0 Å². The Morgan fingerprint density at radius 2 is 2.06 bits per heavy atom. The fraction of sp³-hybridized carbons (Fsp3) is 0.400. The number of nitrogens with one attached hydrogen (secondary N) is 2. The molecule has 0 saturated carbocycles. The lowest BCUT2D eigenvalue weighted by molar-refractivity contribution is 0.473. The van der Waals surface area contributed by atoms with Gasteiger partial charge in [-0.15, -0.1) is 0 Å². The van der Waals surface area contributed by atoms with Gasteiger partial charge in [0.15, 0.2) is 0 Å². The average molecular weight is 244 g/mol. The molecule has 0 amide bonds. The van der Waals surface area contributed by atoms with Crippen molar-refractivity contribution in [2.45, 2.75) is 20.3 Å². The second-order valence-corrected chi connectivity index (χ2v) is 4.97. The number of benzene rings is 1. The summed E-state index contributed by atoms with van der Waals surface area (Å²) in [5.41, 5.74) is 0.805. The highest BCUT2D eigenvalue weighted by atomic mass is 32.2. The van der Waals surface area contributed by atoms with Gasteiger partial charge < -0.3 is 5.11 Å². The Bertz CT molecular complexity index is 457. The molecule has 6 heteroatoms. The second-order valence-electron chi connectivity index (χ2n) is 3.47. The highest BCUT2D eigenvalue weighted by Crippen LogP contribution is 2.26. The summed E-state index contributed by atoms with van der Waals surface area (Å²) in [7, 11) is -3.60. The van der Waals surface area contributed by atoms with E-state index in [1.807, 2.05) is 6.92 Å². The molecule has 0 fully saturated rings. The molecule has 90 valence electrons. The van der Waals surface area contributed by atoms with Crippen molar-refractivity contribution in [2.75, 3.05) is 11.3 Å². The van der Waals surface area contributed by atoms with E-state index in [0.717, 1.165) is 0 Å². The van der Waals surface area contributed by atoms with Crippen LogP contribution in [0.2, 0.25) is 0 Å². The number of para-hydroxylation sites is 1. The third kappa shape index (κ3) is 3.39. The average Bonchev–Trinajstić information content (AvgIpc) is 2.22. The maximum Gasteiger partial charge on any atom is 0.299 e. The number of phenols is 1. The topological polar surface area (TPSA) is 78.4 Å². The van der Waals surface area contributed by atoms with E-state index in [1.54, 1.807) is 19.1 Å². The lowest BCUT2D eigenvalue weighted by Crippen LogP contribution is -2.30. The minimum atomic E-state index is -3.60. The van der Waals surface area contributed by atoms with E-state index in [9.17, 15) is 13.5 Å². The van der Waals surface area contributed by atoms with Crippen LogP contribution in [-0.4, -0.2) is 20.1 Å². The van der Waals surface area contributed by atoms with E-state index >= 15 is 0 Å². The van der Waals surface area contributed by atoms with Gasteiger partial charge in [0.25, 0.3) is 10.2 Å². The molecule has 16 heavy (non-hydrogen) atoms. The fourth-order valence-electron chi connectivity index (χ4n) is 1.16. The molecule has 0 aliphatic carbocycles. The number of rotatable bonds is 5. The van der Waals surface area contributed by atoms with E-state index in [1.165, 1.54) is 6.07 Å². The van der Waals surface area contributed by atoms with Gasteiger partial charge in [0.1, 0.15) is 5.75 Å². The number of anilines is 1. The van der Waals surface area contributed by atoms with Crippen LogP contribution < -0.4 is 9.44 Å². The number of aromatic hydroxyl groups is 1. The summed E-state index contributed by atoms with van der Waals surface area (Å²) in [5.74, 6) is -0.0515. The Morgan fingerprint density at radius 1 is 1.38 bits per heavy atom. The number of hydrogen-bond donors (Lipinski definition) is 3. The molecule has 0 aromatic heterocycles. The Kier molecular flexibility index (Phi) is 4.14. The molecular weight excluding hydrogens is 228 g/mol. The molecule has 0 radical (unpaired) electrons. The largest absolute Gasteiger partial charge is 0.505 e. The van der Waals surface area contributed by atoms with E-state index in [4.69, 9.17) is 0 Å². The lowest BCUT2D eigenvalue weighted by atomic mass is 10.2. The van der Waals surface area contributed by atoms with Crippen molar-refractivity contribution >= 4 is 15.9 Å². The summed E-state index contributed by atoms with van der Waals surface area (Å²) < 4.78 is 27.6. The van der Waals surface area contributed by atoms with E-state index in [2.05, 4.69) is 9.44 Å². The van der Waals surface area contributed by atoms with Gasteiger partial charge >= 0.3 is 0 Å². The normalized spacial score (nSPS) is 11.4. The van der Waals surface area contributed by atoms with Gasteiger partial charge in [-0.1, -0.05) is 19.1 Å². The Morgan fingerprint density at radius 3 is 2.69 bits per heavy atom. The first kappa shape index (κ1) is 12.8. The summed E-state index contributed by atoms with van der Waals surface area (Å²) in [6.45, 7) is 3.93. The van der Waals surface area contributed by atoms with Crippen molar-refractivity contribution < 1.29 is 13.5 Å². The van der Waals surface area contributed by atoms with E-state index < -0.39 is 10.2 Å². The van der Waals surface area contributed by atoms with Crippen LogP contribution in [0.25, 0.3) is 0 Å². The molecule has 1 aromatic rings. The standard InChI is InChI=1S/C10H16N2O3S/c1-3-7-11-16(14,15)12-9-6-4-5-8(2)10(9)13/h4-6,11-13H,3,7H2,1-2H3. The van der Waals surface area contributed by atoms with Gasteiger partial charge in [-0.25, -0.2) is 0 Å². The fourth-order valence-corrected chi connectivity index (χ4v) is 2.16. The van der Waals surface area contributed by atoms with Gasteiger partial charge in [0, 0.05) is 6.54 Å². The molecule has 0 aliphatic heterocycles. The zero-order chi connectivity index (χ0) is 12.2. The zero-order valence-electron chi connectivity index (χ0n) is 9.32. The first-order valence-corrected chi connectivity index (χ1v) is 6.50. The van der Waals surface area contributed by atoms with Gasteiger partial charge in [-0.05, 0) is 25.0 Å². The summed E-state index contributed by atoms with van der Waals surface area (Å²) >= 11 is 0. The van der Waals surface area contributed by atoms with Crippen LogP contribution in [0.3, 0.4) is 0 Å². The van der Waals surface area contributed by atoms with Crippen LogP contribution >= 0.6 is 0 Å². The van der Waals surface area contributed by atoms with Crippen molar-refractivity contribution in [3.05, 3.63) is 23.8 Å². The van der Waals surface area contributed by atoms with Gasteiger partial charge in [0.05, 0.1) is 5.69 Å². The first-order valence-electron chi connectivity index (χ1n) is 5.02. The number of phenolic OH excluding ortho intramolecular Hbond substituents is 1. The summed E-state index contributed by atoms with van der Waals surface area (Å²) in [6.07, 6.45) is 0.709. The quantitative estimate of drug-likeness (QED) is 0.684. The van der Waals surface area contributed by atoms with Crippen LogP contribution in [0.5, 0.6) is 5.75 Å². The summed E-state index contributed by atoms with van der Waals surface area (Å²) in [6, 6.07) is 4.88. The Hall–Kier alpha value is -1.27. The molecule has 0 aliphatic rings. The predicted molar refractivity (Wildman–Crippen MR) is 63.7 cm³/mol. The third-order valence-corrected chi connectivity index (χ3v) is 3.10. The molecule has 1 aromatic carbocycles. The van der Waals surface area contributed by atoms with Crippen LogP contribution in [-0.2, 0) is 10.2 Å². The predicted octanol–water partition coefficient (Wildman–Crippen LogP) is 1.36. The van der Waals surface area contributed by atoms with Gasteiger partial charge in [-0.3, -0.25) is 4.72 Å². The SMILES string of the molecule is CCCNS(=O)(=O)Nc1cccc(C)c1O. The van der Waals surface area contributed by atoms with Gasteiger partial charge in [0.2, 0.25) is 0 Å². The van der Waals surface area contributed by atoms with Gasteiger partial charge in [-0.2, -0.15) is 13.1 Å². The van der Waals surface area contributed by atoms with E-state index in [0.29, 0.717) is 18.5 Å². The molecule has 1 rings (SSSR count). The molecule has 0 bridgehead atoms. The van der Waals surface area contributed by atoms with Crippen LogP contribution in [0.15, 0.2) is 18.2 Å². The lowest BCUT2D eigenvalue weighted by Gasteiger charge is -2.11. The monoisotopic (exact) mass is 244 g/mol. The van der Waals surface area contributed by atoms with Crippen LogP contribution in [0.1, 0.15) is 18.9 Å². The molecule has 0 atom stereocenters. The highest BCUT2D eigenvalue weighted by molar-refractivity contribution is 7.90. The third-order valence-electron chi connectivity index (χ3n) is 2.02. The molecular formula is C10H16N2O3S. The van der Waals surface area contributed by atoms with Crippen molar-refractivity contribution in [3.8, 4) is 5.75 Å². The molecule has 3 N–H and O–H groups in total. The molecule has 0 unspecified atom stereocenters. The Labute approximate surface area is 95.7 Å². The summed E-state index contributed by atoms with van der Waals surface area (Å²) in [5, 5.41) is 9.63. The zero-order valence-corrected chi connectivity index (χ0v) is 10.1. The second kappa shape index (κ2) is 5.18. The molecule has 0 saturated heterocycles. The van der Waals surface area contributed by atoms with Crippen molar-refractivity contribution in [1.82, 2.24) is 4.72 Å². The van der Waals surface area contributed by atoms with Crippen molar-refractivity contribution in [1.29, 1.82) is 0 Å². The van der Waals surface area contributed by atoms with Crippen molar-refractivity contribution in [3.63, 3.8) is 0 Å². The minimum absolute atomic E-state index is 0.0515. The Balaban J connectivity index is 2.84. The maximum absolute atomic E-state index is 11.5.